The van der Waals surface area contributed by atoms with Crippen molar-refractivity contribution >= 4 is 5.97 Å². The summed E-state index contributed by atoms with van der Waals surface area (Å²) >= 11 is 0. The van der Waals surface area contributed by atoms with E-state index >= 15 is 0 Å². The Kier molecular flexibility index (Phi) is 4.66. The summed E-state index contributed by atoms with van der Waals surface area (Å²) in [6.45, 7) is 4.48. The number of carboxylic acid groups (broad SMARTS) is 1. The van der Waals surface area contributed by atoms with Crippen LogP contribution in [0.5, 0.6) is 0 Å². The van der Waals surface area contributed by atoms with Crippen LogP contribution in [0.2, 0.25) is 0 Å². The second-order valence-electron chi connectivity index (χ2n) is 6.21. The number of nitrogens with zero attached hydrogens (tertiary/aromatic N) is 1. The van der Waals surface area contributed by atoms with Crippen LogP contribution < -0.4 is 0 Å². The lowest BCUT2D eigenvalue weighted by Crippen LogP contribution is -2.54. The maximum absolute atomic E-state index is 11.3. The molecule has 2 unspecified atom stereocenters. The molecule has 2 fully saturated rings. The third-order valence-electron chi connectivity index (χ3n) is 5.01. The van der Waals surface area contributed by atoms with Crippen LogP contribution in [0.15, 0.2) is 0 Å². The molecule has 2 rings (SSSR count). The van der Waals surface area contributed by atoms with E-state index in [1.165, 1.54) is 38.5 Å². The molecule has 1 aliphatic heterocycles. The second-order valence-corrected chi connectivity index (χ2v) is 6.21. The average Bonchev–Trinajstić information content (AvgIpc) is 2.39. The zero-order valence-corrected chi connectivity index (χ0v) is 11.7. The Morgan fingerprint density at radius 3 is 2.61 bits per heavy atom. The topological polar surface area (TPSA) is 40.5 Å². The van der Waals surface area contributed by atoms with Crippen LogP contribution in [0, 0.1) is 5.92 Å². The fraction of sp³-hybridized carbons (Fsp3) is 0.933. The highest BCUT2D eigenvalue weighted by Gasteiger charge is 2.42. The maximum Gasteiger partial charge on any atom is 0.305 e. The van der Waals surface area contributed by atoms with Crippen LogP contribution in [-0.4, -0.2) is 34.6 Å². The van der Waals surface area contributed by atoms with Crippen LogP contribution in [0.4, 0.5) is 0 Å². The molecule has 2 aliphatic rings. The number of likely N-dealkylation sites (tertiary alicyclic amines) is 1. The third kappa shape index (κ3) is 3.05. The Labute approximate surface area is 111 Å². The zero-order valence-electron chi connectivity index (χ0n) is 11.7. The molecule has 2 atom stereocenters. The van der Waals surface area contributed by atoms with Crippen molar-refractivity contribution in [3.8, 4) is 0 Å². The fourth-order valence-electron chi connectivity index (χ4n) is 4.02. The molecule has 3 nitrogen and oxygen atoms in total. The molecule has 1 aliphatic carbocycles. The van der Waals surface area contributed by atoms with Gasteiger partial charge in [-0.1, -0.05) is 32.6 Å². The molecule has 0 aromatic rings. The predicted octanol–water partition coefficient (Wildman–Crippen LogP) is 3.29. The monoisotopic (exact) mass is 253 g/mol. The molecule has 1 heterocycles. The number of carbonyl (C=O) groups is 1. The highest BCUT2D eigenvalue weighted by atomic mass is 16.4. The number of aliphatic carboxylic acids is 1. The van der Waals surface area contributed by atoms with E-state index in [0.29, 0.717) is 6.42 Å². The quantitative estimate of drug-likeness (QED) is 0.836. The largest absolute Gasteiger partial charge is 0.481 e. The highest BCUT2D eigenvalue weighted by Crippen LogP contribution is 2.41. The van der Waals surface area contributed by atoms with Crippen LogP contribution in [0.3, 0.4) is 0 Å². The van der Waals surface area contributed by atoms with Gasteiger partial charge in [0.05, 0.1) is 6.42 Å². The summed E-state index contributed by atoms with van der Waals surface area (Å²) < 4.78 is 0. The number of piperidine rings is 1. The molecular weight excluding hydrogens is 226 g/mol. The molecule has 0 spiro atoms. The van der Waals surface area contributed by atoms with Gasteiger partial charge in [-0.3, -0.25) is 9.69 Å². The lowest BCUT2D eigenvalue weighted by molar-refractivity contribution is -0.142. The molecular formula is C15H27NO2. The van der Waals surface area contributed by atoms with Gasteiger partial charge in [0.15, 0.2) is 0 Å². The van der Waals surface area contributed by atoms with Crippen LogP contribution in [0.25, 0.3) is 0 Å². The van der Waals surface area contributed by atoms with E-state index < -0.39 is 5.97 Å². The average molecular weight is 253 g/mol. The molecule has 0 amide bonds. The van der Waals surface area contributed by atoms with Crippen molar-refractivity contribution in [1.29, 1.82) is 0 Å². The van der Waals surface area contributed by atoms with E-state index in [0.717, 1.165) is 31.8 Å². The predicted molar refractivity (Wildman–Crippen MR) is 72.7 cm³/mol. The Morgan fingerprint density at radius 1 is 1.28 bits per heavy atom. The van der Waals surface area contributed by atoms with E-state index in [9.17, 15) is 9.90 Å². The first-order valence-electron chi connectivity index (χ1n) is 7.63. The third-order valence-corrected chi connectivity index (χ3v) is 5.01. The highest BCUT2D eigenvalue weighted by molar-refractivity contribution is 5.68. The van der Waals surface area contributed by atoms with Crippen molar-refractivity contribution in [3.63, 3.8) is 0 Å². The lowest BCUT2D eigenvalue weighted by atomic mass is 9.71. The van der Waals surface area contributed by atoms with Crippen molar-refractivity contribution in [2.24, 2.45) is 5.92 Å². The fourth-order valence-corrected chi connectivity index (χ4v) is 4.02. The lowest BCUT2D eigenvalue weighted by Gasteiger charge is -2.49. The van der Waals surface area contributed by atoms with Gasteiger partial charge < -0.3 is 5.11 Å². The van der Waals surface area contributed by atoms with Gasteiger partial charge in [-0.2, -0.15) is 0 Å². The minimum Gasteiger partial charge on any atom is -0.481 e. The van der Waals surface area contributed by atoms with Crippen molar-refractivity contribution < 1.29 is 9.90 Å². The van der Waals surface area contributed by atoms with Gasteiger partial charge in [0.1, 0.15) is 0 Å². The number of rotatable bonds is 4. The van der Waals surface area contributed by atoms with E-state index in [2.05, 4.69) is 11.8 Å². The van der Waals surface area contributed by atoms with Crippen molar-refractivity contribution in [2.45, 2.75) is 70.3 Å². The molecule has 18 heavy (non-hydrogen) atoms. The molecule has 0 aromatic heterocycles. The molecule has 1 saturated heterocycles. The SMILES string of the molecule is CCC1CCCC(CC(=O)O)(N2CCCCC2)C1. The number of hydrogen-bond acceptors (Lipinski definition) is 2. The summed E-state index contributed by atoms with van der Waals surface area (Å²) in [4.78, 5) is 13.8. The summed E-state index contributed by atoms with van der Waals surface area (Å²) in [7, 11) is 0. The van der Waals surface area contributed by atoms with Crippen LogP contribution in [-0.2, 0) is 4.79 Å². The maximum atomic E-state index is 11.3. The normalized spacial score (nSPS) is 34.4. The van der Waals surface area contributed by atoms with Crippen molar-refractivity contribution in [1.82, 2.24) is 4.90 Å². The van der Waals surface area contributed by atoms with Gasteiger partial charge in [0.2, 0.25) is 0 Å². The smallest absolute Gasteiger partial charge is 0.305 e. The van der Waals surface area contributed by atoms with Gasteiger partial charge in [0.25, 0.3) is 0 Å². The molecule has 3 heteroatoms. The van der Waals surface area contributed by atoms with Crippen LogP contribution in [0.1, 0.15) is 64.7 Å². The van der Waals surface area contributed by atoms with Crippen molar-refractivity contribution in [3.05, 3.63) is 0 Å². The van der Waals surface area contributed by atoms with Gasteiger partial charge in [0, 0.05) is 5.54 Å². The standard InChI is InChI=1S/C15H27NO2/c1-2-13-7-6-8-15(11-13,12-14(17)18)16-9-4-3-5-10-16/h13H,2-12H2,1H3,(H,17,18). The van der Waals surface area contributed by atoms with Gasteiger partial charge in [-0.25, -0.2) is 0 Å². The number of carboxylic acids is 1. The summed E-state index contributed by atoms with van der Waals surface area (Å²) in [5.41, 5.74) is -0.0226. The minimum atomic E-state index is -0.614. The first kappa shape index (κ1) is 13.9. The van der Waals surface area contributed by atoms with Crippen molar-refractivity contribution in [2.75, 3.05) is 13.1 Å². The van der Waals surface area contributed by atoms with E-state index in [-0.39, 0.29) is 5.54 Å². The molecule has 1 saturated carbocycles. The molecule has 0 bridgehead atoms. The van der Waals surface area contributed by atoms with E-state index in [1.54, 1.807) is 0 Å². The van der Waals surface area contributed by atoms with E-state index in [4.69, 9.17) is 0 Å². The Bertz CT molecular complexity index is 286. The van der Waals surface area contributed by atoms with Crippen LogP contribution >= 0.6 is 0 Å². The summed E-state index contributed by atoms with van der Waals surface area (Å²) in [6.07, 6.45) is 10.1. The number of hydrogen-bond donors (Lipinski definition) is 1. The first-order valence-corrected chi connectivity index (χ1v) is 7.63. The Hall–Kier alpha value is -0.570. The van der Waals surface area contributed by atoms with Gasteiger partial charge >= 0.3 is 5.97 Å². The van der Waals surface area contributed by atoms with Gasteiger partial charge in [-0.05, 0) is 44.7 Å². The summed E-state index contributed by atoms with van der Waals surface area (Å²) in [5.74, 6) is 0.123. The molecule has 0 aromatic carbocycles. The summed E-state index contributed by atoms with van der Waals surface area (Å²) in [6, 6.07) is 0. The summed E-state index contributed by atoms with van der Waals surface area (Å²) in [5, 5.41) is 9.29. The Morgan fingerprint density at radius 2 is 2.00 bits per heavy atom. The van der Waals surface area contributed by atoms with Gasteiger partial charge in [-0.15, -0.1) is 0 Å². The first-order chi connectivity index (χ1) is 8.66. The zero-order chi connectivity index (χ0) is 13.0. The molecule has 0 radical (unpaired) electrons. The second kappa shape index (κ2) is 6.05. The molecule has 1 N–H and O–H groups in total. The molecule has 104 valence electrons. The Balaban J connectivity index is 2.12. The minimum absolute atomic E-state index is 0.0226. The van der Waals surface area contributed by atoms with E-state index in [1.807, 2.05) is 0 Å².